The van der Waals surface area contributed by atoms with Crippen LogP contribution in [0.2, 0.25) is 0 Å². The van der Waals surface area contributed by atoms with E-state index in [1.165, 1.54) is 64.6 Å². The summed E-state index contributed by atoms with van der Waals surface area (Å²) >= 11 is 0. The van der Waals surface area contributed by atoms with Gasteiger partial charge in [0.2, 0.25) is 0 Å². The van der Waals surface area contributed by atoms with E-state index < -0.39 is 0 Å². The number of hydrogen-bond acceptors (Lipinski definition) is 3. The van der Waals surface area contributed by atoms with Crippen LogP contribution in [0.3, 0.4) is 0 Å². The zero-order chi connectivity index (χ0) is 40.0. The van der Waals surface area contributed by atoms with Gasteiger partial charge in [0.1, 0.15) is 11.3 Å². The van der Waals surface area contributed by atoms with Gasteiger partial charge in [0.25, 0.3) is 0 Å². The predicted octanol–water partition coefficient (Wildman–Crippen LogP) is 15.9. The minimum Gasteiger partial charge on any atom is -0.456 e. The molecule has 0 radical (unpaired) electrons. The fourth-order valence-electron chi connectivity index (χ4n) is 9.79. The maximum Gasteiger partial charge on any atom is 0.160 e. The first kappa shape index (κ1) is 33.8. The molecule has 0 bridgehead atoms. The Morgan fingerprint density at radius 1 is 0.295 bits per heavy atom. The highest BCUT2D eigenvalue weighted by Crippen LogP contribution is 2.45. The van der Waals surface area contributed by atoms with Crippen molar-refractivity contribution in [3.63, 3.8) is 0 Å². The van der Waals surface area contributed by atoms with Crippen LogP contribution in [0.5, 0.6) is 0 Å². The van der Waals surface area contributed by atoms with Gasteiger partial charge in [0, 0.05) is 27.6 Å². The van der Waals surface area contributed by atoms with E-state index in [0.717, 1.165) is 61.5 Å². The number of benzene rings is 10. The van der Waals surface area contributed by atoms with Crippen molar-refractivity contribution in [2.24, 2.45) is 0 Å². The SMILES string of the molecule is c1ccc(-c2nc(-c3cccc(-c4cc5ccc6cccc7c8cccc9ccc%10cccc(c(c4)c5c67)c%10c98)c3)cc(-c3ccccc3-c3cc4ccccc4o3)n2)cc1. The Morgan fingerprint density at radius 3 is 1.56 bits per heavy atom. The maximum atomic E-state index is 6.41. The van der Waals surface area contributed by atoms with Crippen LogP contribution in [0.1, 0.15) is 0 Å². The second kappa shape index (κ2) is 13.2. The van der Waals surface area contributed by atoms with Crippen LogP contribution in [-0.4, -0.2) is 9.97 Å². The predicted molar refractivity (Wildman–Crippen MR) is 255 cm³/mol. The Kier molecular flexibility index (Phi) is 7.31. The van der Waals surface area contributed by atoms with E-state index in [-0.39, 0.29) is 0 Å². The molecule has 13 rings (SSSR count). The quantitative estimate of drug-likeness (QED) is 0.164. The van der Waals surface area contributed by atoms with Gasteiger partial charge in [-0.3, -0.25) is 0 Å². The fraction of sp³-hybridized carbons (Fsp3) is 0. The Bertz CT molecular complexity index is 3840. The lowest BCUT2D eigenvalue weighted by Crippen LogP contribution is -1.97. The first-order valence-electron chi connectivity index (χ1n) is 20.8. The van der Waals surface area contributed by atoms with Crippen molar-refractivity contribution in [2.45, 2.75) is 0 Å². The van der Waals surface area contributed by atoms with Gasteiger partial charge in [-0.1, -0.05) is 170 Å². The molecule has 0 fully saturated rings. The van der Waals surface area contributed by atoms with E-state index in [1.807, 2.05) is 36.4 Å². The number of para-hydroxylation sites is 1. The molecule has 0 atom stereocenters. The summed E-state index contributed by atoms with van der Waals surface area (Å²) < 4.78 is 6.41. The summed E-state index contributed by atoms with van der Waals surface area (Å²) in [5.74, 6) is 1.48. The van der Waals surface area contributed by atoms with Gasteiger partial charge >= 0.3 is 0 Å². The van der Waals surface area contributed by atoms with E-state index in [0.29, 0.717) is 5.82 Å². The van der Waals surface area contributed by atoms with Crippen molar-refractivity contribution in [1.29, 1.82) is 0 Å². The topological polar surface area (TPSA) is 38.9 Å². The average Bonchev–Trinajstić information content (AvgIpc) is 3.77. The molecule has 2 heterocycles. The van der Waals surface area contributed by atoms with Gasteiger partial charge in [-0.25, -0.2) is 9.97 Å². The number of fused-ring (bicyclic) bond motifs is 3. The number of aromatic nitrogens is 2. The molecule has 3 nitrogen and oxygen atoms in total. The Hall–Kier alpha value is -8.14. The van der Waals surface area contributed by atoms with E-state index >= 15 is 0 Å². The maximum absolute atomic E-state index is 6.41. The minimum absolute atomic E-state index is 0.672. The van der Waals surface area contributed by atoms with Gasteiger partial charge in [-0.15, -0.1) is 0 Å². The largest absolute Gasteiger partial charge is 0.456 e. The molecule has 0 aliphatic carbocycles. The van der Waals surface area contributed by atoms with Crippen molar-refractivity contribution in [2.75, 3.05) is 0 Å². The molecule has 0 unspecified atom stereocenters. The molecule has 61 heavy (non-hydrogen) atoms. The normalized spacial score (nSPS) is 11.9. The van der Waals surface area contributed by atoms with Crippen LogP contribution in [0.4, 0.5) is 0 Å². The minimum atomic E-state index is 0.672. The Balaban J connectivity index is 1.04. The molecule has 3 heteroatoms. The lowest BCUT2D eigenvalue weighted by atomic mass is 9.86. The highest BCUT2D eigenvalue weighted by atomic mass is 16.3. The Morgan fingerprint density at radius 2 is 0.836 bits per heavy atom. The lowest BCUT2D eigenvalue weighted by Gasteiger charge is -2.17. The molecule has 0 amide bonds. The van der Waals surface area contributed by atoms with Gasteiger partial charge in [0.15, 0.2) is 5.82 Å². The van der Waals surface area contributed by atoms with Gasteiger partial charge in [0.05, 0.1) is 11.4 Å². The molecule has 0 spiro atoms. The molecule has 0 aliphatic heterocycles. The monoisotopic (exact) mass is 774 g/mol. The second-order valence-corrected chi connectivity index (χ2v) is 16.1. The van der Waals surface area contributed by atoms with Gasteiger partial charge in [-0.05, 0) is 112 Å². The highest BCUT2D eigenvalue weighted by molar-refractivity contribution is 6.37. The van der Waals surface area contributed by atoms with Crippen LogP contribution in [-0.2, 0) is 0 Å². The third kappa shape index (κ3) is 5.31. The third-order valence-corrected chi connectivity index (χ3v) is 12.6. The summed E-state index contributed by atoms with van der Waals surface area (Å²) in [5.41, 5.74) is 8.77. The number of furan rings is 1. The van der Waals surface area contributed by atoms with Crippen LogP contribution < -0.4 is 0 Å². The molecular formula is C58H34N2O. The molecule has 0 N–H and O–H groups in total. The van der Waals surface area contributed by atoms with Crippen LogP contribution in [0.25, 0.3) is 132 Å². The summed E-state index contributed by atoms with van der Waals surface area (Å²) in [6, 6.07) is 74.0. The summed E-state index contributed by atoms with van der Waals surface area (Å²) in [6.07, 6.45) is 0. The Labute approximate surface area is 351 Å². The first-order valence-corrected chi connectivity index (χ1v) is 20.8. The van der Waals surface area contributed by atoms with Gasteiger partial charge < -0.3 is 4.42 Å². The number of rotatable bonds is 5. The summed E-state index contributed by atoms with van der Waals surface area (Å²) in [5, 5.41) is 16.3. The third-order valence-electron chi connectivity index (χ3n) is 12.6. The first-order chi connectivity index (χ1) is 30.2. The molecular weight excluding hydrogens is 741 g/mol. The van der Waals surface area contributed by atoms with E-state index in [4.69, 9.17) is 14.4 Å². The summed E-state index contributed by atoms with van der Waals surface area (Å²) in [6.45, 7) is 0. The van der Waals surface area contributed by atoms with Crippen molar-refractivity contribution in [3.05, 3.63) is 206 Å². The molecule has 2 aromatic heterocycles. The van der Waals surface area contributed by atoms with Crippen molar-refractivity contribution < 1.29 is 4.42 Å². The summed E-state index contributed by atoms with van der Waals surface area (Å²) in [4.78, 5) is 10.5. The highest BCUT2D eigenvalue weighted by Gasteiger charge is 2.19. The number of nitrogens with zero attached hydrogens (tertiary/aromatic N) is 2. The standard InChI is InChI=1S/C58H34N2O/c1-2-12-38(13-3-1)58-59-50(34-51(60-58)44-20-5-6-21-45(44)53-33-41-14-4-7-25-52(41)61-53)40-19-8-18-39(30-40)43-31-42-29-28-37-16-10-23-47-46-22-9-15-35-26-27-36-17-11-24-48(56(36)54(35)46)49(32-43)57(42)55(37)47/h1-34H. The number of hydrogen-bond donors (Lipinski definition) is 0. The zero-order valence-electron chi connectivity index (χ0n) is 32.9. The van der Waals surface area contributed by atoms with Crippen LogP contribution in [0.15, 0.2) is 211 Å². The van der Waals surface area contributed by atoms with E-state index in [2.05, 4.69) is 170 Å². The molecule has 0 saturated carbocycles. The van der Waals surface area contributed by atoms with Crippen LogP contribution in [0, 0.1) is 0 Å². The van der Waals surface area contributed by atoms with Crippen LogP contribution >= 0.6 is 0 Å². The molecule has 282 valence electrons. The van der Waals surface area contributed by atoms with E-state index in [1.54, 1.807) is 0 Å². The van der Waals surface area contributed by atoms with Crippen molar-refractivity contribution in [1.82, 2.24) is 9.97 Å². The smallest absolute Gasteiger partial charge is 0.160 e. The fourth-order valence-corrected chi connectivity index (χ4v) is 9.79. The van der Waals surface area contributed by atoms with Crippen molar-refractivity contribution in [3.8, 4) is 56.4 Å². The second-order valence-electron chi connectivity index (χ2n) is 16.1. The zero-order valence-corrected chi connectivity index (χ0v) is 32.9. The molecule has 0 saturated heterocycles. The molecule has 0 aliphatic rings. The average molecular weight is 775 g/mol. The van der Waals surface area contributed by atoms with Gasteiger partial charge in [-0.2, -0.15) is 0 Å². The van der Waals surface area contributed by atoms with Crippen molar-refractivity contribution >= 4 is 75.6 Å². The van der Waals surface area contributed by atoms with E-state index in [9.17, 15) is 0 Å². The lowest BCUT2D eigenvalue weighted by molar-refractivity contribution is 0.632. The summed E-state index contributed by atoms with van der Waals surface area (Å²) in [7, 11) is 0. The molecule has 13 aromatic rings. The molecule has 11 aromatic carbocycles.